The molecule has 2 heteroatoms. The first-order chi connectivity index (χ1) is 11.8. The smallest absolute Gasteiger partial charge is 0.118 e. The highest BCUT2D eigenvalue weighted by Gasteiger charge is 2.00. The summed E-state index contributed by atoms with van der Waals surface area (Å²) in [6.45, 7) is 0. The molecular formula is C22H22O2. The van der Waals surface area contributed by atoms with Crippen LogP contribution in [-0.4, -0.2) is 14.2 Å². The number of ether oxygens (including phenoxy) is 2. The maximum atomic E-state index is 5.20. The summed E-state index contributed by atoms with van der Waals surface area (Å²) in [7, 11) is 3.38. The lowest BCUT2D eigenvalue weighted by atomic mass is 10.0. The van der Waals surface area contributed by atoms with E-state index in [2.05, 4.69) is 48.5 Å². The van der Waals surface area contributed by atoms with Crippen LogP contribution in [0.2, 0.25) is 0 Å². The third-order valence-electron chi connectivity index (χ3n) is 4.16. The monoisotopic (exact) mass is 318 g/mol. The van der Waals surface area contributed by atoms with Gasteiger partial charge in [0.2, 0.25) is 0 Å². The van der Waals surface area contributed by atoms with Gasteiger partial charge >= 0.3 is 0 Å². The first-order valence-electron chi connectivity index (χ1n) is 8.10. The predicted molar refractivity (Wildman–Crippen MR) is 98.0 cm³/mol. The van der Waals surface area contributed by atoms with Gasteiger partial charge in [-0.3, -0.25) is 0 Å². The van der Waals surface area contributed by atoms with E-state index in [-0.39, 0.29) is 0 Å². The Morgan fingerprint density at radius 2 is 0.708 bits per heavy atom. The van der Waals surface area contributed by atoms with Gasteiger partial charge in [0.05, 0.1) is 14.2 Å². The fourth-order valence-electron chi connectivity index (χ4n) is 2.73. The number of benzene rings is 3. The lowest BCUT2D eigenvalue weighted by molar-refractivity contribution is 0.414. The van der Waals surface area contributed by atoms with Crippen molar-refractivity contribution in [2.75, 3.05) is 14.2 Å². The van der Waals surface area contributed by atoms with E-state index in [0.29, 0.717) is 0 Å². The van der Waals surface area contributed by atoms with Crippen molar-refractivity contribution in [1.82, 2.24) is 0 Å². The van der Waals surface area contributed by atoms with E-state index >= 15 is 0 Å². The first kappa shape index (κ1) is 16.1. The van der Waals surface area contributed by atoms with Crippen LogP contribution in [0.25, 0.3) is 0 Å². The molecule has 0 aliphatic rings. The van der Waals surface area contributed by atoms with Crippen molar-refractivity contribution >= 4 is 0 Å². The van der Waals surface area contributed by atoms with Gasteiger partial charge in [0.15, 0.2) is 0 Å². The quantitative estimate of drug-likeness (QED) is 0.644. The molecule has 0 fully saturated rings. The highest BCUT2D eigenvalue weighted by molar-refractivity contribution is 5.35. The minimum absolute atomic E-state index is 0.897. The SMILES string of the molecule is COc1ccc(Cc2ccc(Cc3ccc(OC)cc3)cc2)cc1. The molecule has 0 saturated carbocycles. The maximum absolute atomic E-state index is 5.20. The van der Waals surface area contributed by atoms with Crippen molar-refractivity contribution in [3.63, 3.8) is 0 Å². The van der Waals surface area contributed by atoms with Crippen molar-refractivity contribution < 1.29 is 9.47 Å². The molecule has 0 N–H and O–H groups in total. The topological polar surface area (TPSA) is 18.5 Å². The van der Waals surface area contributed by atoms with Gasteiger partial charge in [0.1, 0.15) is 11.5 Å². The lowest BCUT2D eigenvalue weighted by Gasteiger charge is -2.07. The molecule has 0 unspecified atom stereocenters. The van der Waals surface area contributed by atoms with Crippen LogP contribution in [0.3, 0.4) is 0 Å². The van der Waals surface area contributed by atoms with Crippen molar-refractivity contribution in [1.29, 1.82) is 0 Å². The Kier molecular flexibility index (Phi) is 5.17. The Morgan fingerprint density at radius 1 is 0.458 bits per heavy atom. The molecule has 24 heavy (non-hydrogen) atoms. The highest BCUT2D eigenvalue weighted by Crippen LogP contribution is 2.18. The third-order valence-corrected chi connectivity index (χ3v) is 4.16. The zero-order valence-corrected chi connectivity index (χ0v) is 14.2. The highest BCUT2D eigenvalue weighted by atomic mass is 16.5. The Balaban J connectivity index is 1.63. The minimum atomic E-state index is 0.897. The van der Waals surface area contributed by atoms with E-state index in [0.717, 1.165) is 24.3 Å². The number of hydrogen-bond acceptors (Lipinski definition) is 2. The molecule has 0 aliphatic carbocycles. The van der Waals surface area contributed by atoms with E-state index in [4.69, 9.17) is 9.47 Å². The molecule has 0 atom stereocenters. The molecule has 3 rings (SSSR count). The fraction of sp³-hybridized carbons (Fsp3) is 0.182. The standard InChI is InChI=1S/C22H22O2/c1-23-21-11-7-19(8-12-21)15-17-3-5-18(6-4-17)16-20-9-13-22(24-2)14-10-20/h3-14H,15-16H2,1-2H3. The van der Waals surface area contributed by atoms with Crippen LogP contribution in [0.4, 0.5) is 0 Å². The van der Waals surface area contributed by atoms with E-state index in [1.165, 1.54) is 22.3 Å². The van der Waals surface area contributed by atoms with Gasteiger partial charge in [-0.15, -0.1) is 0 Å². The molecule has 0 bridgehead atoms. The van der Waals surface area contributed by atoms with E-state index < -0.39 is 0 Å². The summed E-state index contributed by atoms with van der Waals surface area (Å²) in [6, 6.07) is 25.3. The predicted octanol–water partition coefficient (Wildman–Crippen LogP) is 4.89. The molecule has 3 aromatic carbocycles. The van der Waals surface area contributed by atoms with E-state index in [9.17, 15) is 0 Å². The summed E-state index contributed by atoms with van der Waals surface area (Å²) in [5.41, 5.74) is 5.22. The molecule has 2 nitrogen and oxygen atoms in total. The molecule has 0 radical (unpaired) electrons. The van der Waals surface area contributed by atoms with Crippen LogP contribution in [0.15, 0.2) is 72.8 Å². The second-order valence-corrected chi connectivity index (χ2v) is 5.87. The van der Waals surface area contributed by atoms with Crippen LogP contribution in [-0.2, 0) is 12.8 Å². The summed E-state index contributed by atoms with van der Waals surface area (Å²) >= 11 is 0. The second-order valence-electron chi connectivity index (χ2n) is 5.87. The first-order valence-corrected chi connectivity index (χ1v) is 8.10. The van der Waals surface area contributed by atoms with Crippen molar-refractivity contribution in [3.05, 3.63) is 95.1 Å². The molecule has 3 aromatic rings. The normalized spacial score (nSPS) is 10.4. The van der Waals surface area contributed by atoms with Crippen LogP contribution in [0, 0.1) is 0 Å². The Morgan fingerprint density at radius 3 is 0.958 bits per heavy atom. The van der Waals surface area contributed by atoms with Gasteiger partial charge in [0.25, 0.3) is 0 Å². The van der Waals surface area contributed by atoms with Gasteiger partial charge in [-0.25, -0.2) is 0 Å². The van der Waals surface area contributed by atoms with Gasteiger partial charge in [-0.2, -0.15) is 0 Å². The molecule has 0 aromatic heterocycles. The zero-order chi connectivity index (χ0) is 16.8. The van der Waals surface area contributed by atoms with Gasteiger partial charge in [0, 0.05) is 0 Å². The number of rotatable bonds is 6. The molecule has 0 amide bonds. The lowest BCUT2D eigenvalue weighted by Crippen LogP contribution is -1.92. The van der Waals surface area contributed by atoms with E-state index in [1.54, 1.807) is 14.2 Å². The minimum Gasteiger partial charge on any atom is -0.497 e. The van der Waals surface area contributed by atoms with Crippen LogP contribution in [0.5, 0.6) is 11.5 Å². The largest absolute Gasteiger partial charge is 0.497 e. The van der Waals surface area contributed by atoms with E-state index in [1.807, 2.05) is 24.3 Å². The average Bonchev–Trinajstić information content (AvgIpc) is 2.65. The van der Waals surface area contributed by atoms with Crippen molar-refractivity contribution in [2.45, 2.75) is 12.8 Å². The van der Waals surface area contributed by atoms with Gasteiger partial charge in [-0.05, 0) is 59.4 Å². The Hall–Kier alpha value is -2.74. The average molecular weight is 318 g/mol. The number of methoxy groups -OCH3 is 2. The molecule has 0 spiro atoms. The summed E-state index contributed by atoms with van der Waals surface area (Å²) in [6.07, 6.45) is 1.87. The van der Waals surface area contributed by atoms with Crippen molar-refractivity contribution in [3.8, 4) is 11.5 Å². The number of hydrogen-bond donors (Lipinski definition) is 0. The molecule has 0 aliphatic heterocycles. The molecule has 0 heterocycles. The molecular weight excluding hydrogens is 296 g/mol. The fourth-order valence-corrected chi connectivity index (χ4v) is 2.73. The molecule has 0 saturated heterocycles. The summed E-state index contributed by atoms with van der Waals surface area (Å²) in [5.74, 6) is 1.79. The van der Waals surface area contributed by atoms with Gasteiger partial charge < -0.3 is 9.47 Å². The Labute approximate surface area is 143 Å². The third kappa shape index (κ3) is 4.17. The maximum Gasteiger partial charge on any atom is 0.118 e. The van der Waals surface area contributed by atoms with Crippen LogP contribution in [0.1, 0.15) is 22.3 Å². The van der Waals surface area contributed by atoms with Crippen molar-refractivity contribution in [2.24, 2.45) is 0 Å². The summed E-state index contributed by atoms with van der Waals surface area (Å²) < 4.78 is 10.4. The second kappa shape index (κ2) is 7.69. The van der Waals surface area contributed by atoms with Gasteiger partial charge in [-0.1, -0.05) is 48.5 Å². The summed E-state index contributed by atoms with van der Waals surface area (Å²) in [5, 5.41) is 0. The van der Waals surface area contributed by atoms with Crippen LogP contribution >= 0.6 is 0 Å². The molecule has 122 valence electrons. The summed E-state index contributed by atoms with van der Waals surface area (Å²) in [4.78, 5) is 0. The zero-order valence-electron chi connectivity index (χ0n) is 14.2. The Bertz CT molecular complexity index is 688. The van der Waals surface area contributed by atoms with Crippen LogP contribution < -0.4 is 9.47 Å².